The Labute approximate surface area is 183 Å². The van der Waals surface area contributed by atoms with E-state index < -0.39 is 11.0 Å². The first kappa shape index (κ1) is 21.3. The predicted octanol–water partition coefficient (Wildman–Crippen LogP) is 5.23. The number of carbonyl (C=O) groups excluding carboxylic acids is 1. The van der Waals surface area contributed by atoms with Crippen LogP contribution in [0.15, 0.2) is 18.2 Å². The van der Waals surface area contributed by atoms with Crippen LogP contribution in [-0.4, -0.2) is 29.3 Å². The summed E-state index contributed by atoms with van der Waals surface area (Å²) in [4.78, 5) is 13.1. The van der Waals surface area contributed by atoms with Crippen LogP contribution in [-0.2, 0) is 4.79 Å². The van der Waals surface area contributed by atoms with Gasteiger partial charge in [-0.15, -0.1) is 0 Å². The van der Waals surface area contributed by atoms with E-state index in [4.69, 9.17) is 27.9 Å². The number of fused-ring (bicyclic) bond motifs is 2. The summed E-state index contributed by atoms with van der Waals surface area (Å²) >= 11 is 12.1. The SMILES string of the molecule is CC(C)(CCOc1ccc(Cl)cc1Cl)C(=O)NC1CCC2CC3CC(O)(C2)CC31. The van der Waals surface area contributed by atoms with E-state index in [1.165, 1.54) is 6.42 Å². The minimum atomic E-state index is -0.543. The molecule has 1 aromatic carbocycles. The molecule has 3 aliphatic rings. The third kappa shape index (κ3) is 4.55. The van der Waals surface area contributed by atoms with E-state index in [1.54, 1.807) is 18.2 Å². The molecule has 4 nitrogen and oxygen atoms in total. The van der Waals surface area contributed by atoms with Gasteiger partial charge in [0.1, 0.15) is 5.75 Å². The zero-order valence-electron chi connectivity index (χ0n) is 17.2. The maximum absolute atomic E-state index is 13.1. The van der Waals surface area contributed by atoms with Crippen molar-refractivity contribution in [3.8, 4) is 5.75 Å². The van der Waals surface area contributed by atoms with E-state index in [9.17, 15) is 9.90 Å². The second-order valence-corrected chi connectivity index (χ2v) is 10.9. The van der Waals surface area contributed by atoms with Gasteiger partial charge in [-0.1, -0.05) is 37.0 Å². The number of nitrogens with one attached hydrogen (secondary N) is 1. The Bertz CT molecular complexity index is 783. The zero-order chi connectivity index (χ0) is 20.8. The van der Waals surface area contributed by atoms with Crippen molar-refractivity contribution in [3.05, 3.63) is 28.2 Å². The van der Waals surface area contributed by atoms with Gasteiger partial charge < -0.3 is 15.2 Å². The second-order valence-electron chi connectivity index (χ2n) is 10.1. The molecule has 29 heavy (non-hydrogen) atoms. The molecular formula is C23H31Cl2NO3. The average Bonchev–Trinajstić information content (AvgIpc) is 2.81. The van der Waals surface area contributed by atoms with Gasteiger partial charge in [0, 0.05) is 16.5 Å². The number of halogens is 2. The Morgan fingerprint density at radius 1 is 1.28 bits per heavy atom. The van der Waals surface area contributed by atoms with Crippen LogP contribution >= 0.6 is 23.2 Å². The lowest BCUT2D eigenvalue weighted by Crippen LogP contribution is -2.47. The summed E-state index contributed by atoms with van der Waals surface area (Å²) < 4.78 is 5.79. The number of hydrogen-bond donors (Lipinski definition) is 2. The molecule has 5 atom stereocenters. The Hall–Kier alpha value is -0.970. The molecule has 1 amide bonds. The normalized spacial score (nSPS) is 33.4. The fourth-order valence-corrected chi connectivity index (χ4v) is 6.25. The molecule has 4 rings (SSSR count). The molecule has 3 aliphatic carbocycles. The van der Waals surface area contributed by atoms with Crippen molar-refractivity contribution in [1.82, 2.24) is 5.32 Å². The molecule has 0 aliphatic heterocycles. The minimum absolute atomic E-state index is 0.0708. The van der Waals surface area contributed by atoms with Crippen LogP contribution < -0.4 is 10.1 Å². The molecule has 0 spiro atoms. The molecule has 1 aromatic rings. The van der Waals surface area contributed by atoms with Crippen LogP contribution in [0.5, 0.6) is 5.75 Å². The van der Waals surface area contributed by atoms with Crippen molar-refractivity contribution < 1.29 is 14.6 Å². The minimum Gasteiger partial charge on any atom is -0.492 e. The van der Waals surface area contributed by atoms with Crippen LogP contribution in [0.3, 0.4) is 0 Å². The molecule has 0 saturated heterocycles. The third-order valence-corrected chi connectivity index (χ3v) is 7.91. The molecule has 5 unspecified atom stereocenters. The summed E-state index contributed by atoms with van der Waals surface area (Å²) in [6.07, 6.45) is 6.66. The first-order valence-electron chi connectivity index (χ1n) is 10.8. The van der Waals surface area contributed by atoms with Gasteiger partial charge in [0.15, 0.2) is 0 Å². The summed E-state index contributed by atoms with van der Waals surface area (Å²) in [5.74, 6) is 2.25. The molecule has 160 valence electrons. The van der Waals surface area contributed by atoms with Gasteiger partial charge in [-0.2, -0.15) is 0 Å². The summed E-state index contributed by atoms with van der Waals surface area (Å²) in [7, 11) is 0. The zero-order valence-corrected chi connectivity index (χ0v) is 18.7. The number of aliphatic hydroxyl groups is 1. The highest BCUT2D eigenvalue weighted by Crippen LogP contribution is 2.55. The van der Waals surface area contributed by atoms with Crippen molar-refractivity contribution in [2.24, 2.45) is 23.2 Å². The second kappa shape index (κ2) is 7.94. The van der Waals surface area contributed by atoms with Crippen molar-refractivity contribution >= 4 is 29.1 Å². The topological polar surface area (TPSA) is 58.6 Å². The van der Waals surface area contributed by atoms with Gasteiger partial charge in [-0.25, -0.2) is 0 Å². The number of hydrogen-bond acceptors (Lipinski definition) is 3. The van der Waals surface area contributed by atoms with E-state index in [2.05, 4.69) is 5.32 Å². The molecule has 3 saturated carbocycles. The fourth-order valence-electron chi connectivity index (χ4n) is 5.79. The molecule has 0 aromatic heterocycles. The van der Waals surface area contributed by atoms with E-state index >= 15 is 0 Å². The highest BCUT2D eigenvalue weighted by molar-refractivity contribution is 6.35. The monoisotopic (exact) mass is 439 g/mol. The first-order chi connectivity index (χ1) is 13.7. The molecule has 3 bridgehead atoms. The number of benzene rings is 1. The quantitative estimate of drug-likeness (QED) is 0.637. The highest BCUT2D eigenvalue weighted by atomic mass is 35.5. The smallest absolute Gasteiger partial charge is 0.226 e. The van der Waals surface area contributed by atoms with Crippen LogP contribution in [0.2, 0.25) is 10.0 Å². The maximum atomic E-state index is 13.1. The molecule has 6 heteroatoms. The number of carbonyl (C=O) groups is 1. The predicted molar refractivity (Wildman–Crippen MR) is 115 cm³/mol. The van der Waals surface area contributed by atoms with Crippen molar-refractivity contribution in [2.75, 3.05) is 6.61 Å². The van der Waals surface area contributed by atoms with Crippen LogP contribution in [0.1, 0.15) is 58.8 Å². The van der Waals surface area contributed by atoms with Crippen LogP contribution in [0, 0.1) is 23.2 Å². The van der Waals surface area contributed by atoms with Gasteiger partial charge in [0.05, 0.1) is 17.2 Å². The Kier molecular flexibility index (Phi) is 5.82. The summed E-state index contributed by atoms with van der Waals surface area (Å²) in [6.45, 7) is 4.33. The van der Waals surface area contributed by atoms with E-state index in [0.29, 0.717) is 46.6 Å². The van der Waals surface area contributed by atoms with Gasteiger partial charge in [-0.05, 0) is 80.9 Å². The van der Waals surface area contributed by atoms with Crippen LogP contribution in [0.25, 0.3) is 0 Å². The molecular weight excluding hydrogens is 409 g/mol. The Morgan fingerprint density at radius 3 is 2.83 bits per heavy atom. The number of rotatable bonds is 6. The largest absolute Gasteiger partial charge is 0.492 e. The van der Waals surface area contributed by atoms with E-state index in [1.807, 2.05) is 13.8 Å². The average molecular weight is 440 g/mol. The fraction of sp³-hybridized carbons (Fsp3) is 0.696. The highest BCUT2D eigenvalue weighted by Gasteiger charge is 2.53. The van der Waals surface area contributed by atoms with Crippen molar-refractivity contribution in [1.29, 1.82) is 0 Å². The van der Waals surface area contributed by atoms with Gasteiger partial charge in [-0.3, -0.25) is 4.79 Å². The van der Waals surface area contributed by atoms with Gasteiger partial charge in [0.2, 0.25) is 5.91 Å². The third-order valence-electron chi connectivity index (χ3n) is 7.38. The number of ether oxygens (including phenoxy) is 1. The van der Waals surface area contributed by atoms with Crippen LogP contribution in [0.4, 0.5) is 0 Å². The molecule has 3 fully saturated rings. The van der Waals surface area contributed by atoms with E-state index in [-0.39, 0.29) is 11.9 Å². The lowest BCUT2D eigenvalue weighted by molar-refractivity contribution is -0.131. The summed E-state index contributed by atoms with van der Waals surface area (Å²) in [5, 5.41) is 15.2. The number of amides is 1. The lowest BCUT2D eigenvalue weighted by Gasteiger charge is -2.34. The molecule has 0 heterocycles. The molecule has 2 N–H and O–H groups in total. The van der Waals surface area contributed by atoms with Gasteiger partial charge in [0.25, 0.3) is 0 Å². The lowest BCUT2D eigenvalue weighted by atomic mass is 9.77. The summed E-state index contributed by atoms with van der Waals surface area (Å²) in [5.41, 5.74) is -1.03. The van der Waals surface area contributed by atoms with Crippen molar-refractivity contribution in [2.45, 2.75) is 70.4 Å². The Balaban J connectivity index is 1.33. The first-order valence-corrected chi connectivity index (χ1v) is 11.5. The molecule has 0 radical (unpaired) electrons. The van der Waals surface area contributed by atoms with Gasteiger partial charge >= 0.3 is 0 Å². The summed E-state index contributed by atoms with van der Waals surface area (Å²) in [6, 6.07) is 5.32. The van der Waals surface area contributed by atoms with Crippen molar-refractivity contribution in [3.63, 3.8) is 0 Å². The standard InChI is InChI=1S/C23H31Cl2NO3/c1-22(2,7-8-29-20-6-4-16(24)10-18(20)25)21(27)26-19-5-3-14-9-15-12-23(28,11-14)13-17(15)19/h4,6,10,14-15,17,19,28H,3,5,7-9,11-13H2,1-2H3,(H,26,27). The Morgan fingerprint density at radius 2 is 2.07 bits per heavy atom. The maximum Gasteiger partial charge on any atom is 0.226 e. The van der Waals surface area contributed by atoms with E-state index in [0.717, 1.165) is 32.1 Å².